The molecule has 0 spiro atoms. The van der Waals surface area contributed by atoms with Crippen molar-refractivity contribution in [2.24, 2.45) is 0 Å². The minimum Gasteiger partial charge on any atom is -0.298 e. The number of hydrogen-bond acceptors (Lipinski definition) is 3. The van der Waals surface area contributed by atoms with Crippen molar-refractivity contribution < 1.29 is 4.79 Å². The van der Waals surface area contributed by atoms with Gasteiger partial charge in [0.25, 0.3) is 0 Å². The highest BCUT2D eigenvalue weighted by Gasteiger charge is 2.04. The first-order valence-corrected chi connectivity index (χ1v) is 4.05. The first kappa shape index (κ1) is 8.13. The average Bonchev–Trinajstić information content (AvgIpc) is 2.19. The van der Waals surface area contributed by atoms with E-state index in [-0.39, 0.29) is 0 Å². The summed E-state index contributed by atoms with van der Waals surface area (Å²) >= 11 is 5.87. The molecule has 0 unspecified atom stereocenters. The number of benzene rings is 1. The number of hydrogen-bond donors (Lipinski definition) is 0. The van der Waals surface area contributed by atoms with Crippen molar-refractivity contribution in [3.63, 3.8) is 0 Å². The van der Waals surface area contributed by atoms with Gasteiger partial charge < -0.3 is 0 Å². The van der Waals surface area contributed by atoms with Gasteiger partial charge in [0, 0.05) is 18.0 Å². The SMILES string of the molecule is O=Cc1ccc(Cl)c2nccnc12. The Labute approximate surface area is 79.4 Å². The van der Waals surface area contributed by atoms with Gasteiger partial charge in [0.2, 0.25) is 0 Å². The highest BCUT2D eigenvalue weighted by Crippen LogP contribution is 2.21. The van der Waals surface area contributed by atoms with Crippen LogP contribution in [0.15, 0.2) is 24.5 Å². The fourth-order valence-corrected chi connectivity index (χ4v) is 1.34. The first-order chi connectivity index (χ1) is 6.33. The Hall–Kier alpha value is -1.48. The molecule has 1 heterocycles. The molecule has 3 nitrogen and oxygen atoms in total. The molecule has 2 aromatic rings. The minimum atomic E-state index is 0.507. The summed E-state index contributed by atoms with van der Waals surface area (Å²) < 4.78 is 0. The van der Waals surface area contributed by atoms with Crippen LogP contribution in [0.25, 0.3) is 11.0 Å². The molecule has 0 bridgehead atoms. The molecular weight excluding hydrogens is 188 g/mol. The molecule has 64 valence electrons. The molecule has 0 aliphatic carbocycles. The van der Waals surface area contributed by atoms with Gasteiger partial charge in [-0.05, 0) is 12.1 Å². The summed E-state index contributed by atoms with van der Waals surface area (Å²) in [6, 6.07) is 3.27. The molecule has 4 heteroatoms. The molecule has 0 aliphatic heterocycles. The van der Waals surface area contributed by atoms with Gasteiger partial charge in [-0.15, -0.1) is 0 Å². The minimum absolute atomic E-state index is 0.507. The maximum atomic E-state index is 10.6. The van der Waals surface area contributed by atoms with Crippen LogP contribution >= 0.6 is 11.6 Å². The number of aldehydes is 1. The number of halogens is 1. The fourth-order valence-electron chi connectivity index (χ4n) is 1.14. The third-order valence-corrected chi connectivity index (χ3v) is 2.04. The van der Waals surface area contributed by atoms with E-state index in [2.05, 4.69) is 9.97 Å². The van der Waals surface area contributed by atoms with Gasteiger partial charge >= 0.3 is 0 Å². The van der Waals surface area contributed by atoms with E-state index in [1.54, 1.807) is 18.3 Å². The summed E-state index contributed by atoms with van der Waals surface area (Å²) in [7, 11) is 0. The predicted molar refractivity (Wildman–Crippen MR) is 49.9 cm³/mol. The number of nitrogens with zero attached hydrogens (tertiary/aromatic N) is 2. The van der Waals surface area contributed by atoms with Crippen molar-refractivity contribution in [3.05, 3.63) is 35.1 Å². The molecule has 1 aromatic heterocycles. The Morgan fingerprint density at radius 2 is 1.85 bits per heavy atom. The Morgan fingerprint density at radius 1 is 1.15 bits per heavy atom. The zero-order valence-corrected chi connectivity index (χ0v) is 7.32. The fraction of sp³-hybridized carbons (Fsp3) is 0. The van der Waals surface area contributed by atoms with Gasteiger partial charge in [-0.3, -0.25) is 14.8 Å². The van der Waals surface area contributed by atoms with Gasteiger partial charge in [0.15, 0.2) is 6.29 Å². The highest BCUT2D eigenvalue weighted by atomic mass is 35.5. The molecule has 2 rings (SSSR count). The van der Waals surface area contributed by atoms with Crippen LogP contribution < -0.4 is 0 Å². The Kier molecular flexibility index (Phi) is 1.94. The van der Waals surface area contributed by atoms with E-state index >= 15 is 0 Å². The highest BCUT2D eigenvalue weighted by molar-refractivity contribution is 6.35. The molecule has 0 N–H and O–H groups in total. The van der Waals surface area contributed by atoms with Crippen molar-refractivity contribution >= 4 is 28.9 Å². The van der Waals surface area contributed by atoms with Gasteiger partial charge in [-0.2, -0.15) is 0 Å². The average molecular weight is 193 g/mol. The normalized spacial score (nSPS) is 10.2. The molecular formula is C9H5ClN2O. The summed E-state index contributed by atoms with van der Waals surface area (Å²) in [5.74, 6) is 0. The lowest BCUT2D eigenvalue weighted by molar-refractivity contribution is 0.112. The smallest absolute Gasteiger partial charge is 0.152 e. The summed E-state index contributed by atoms with van der Waals surface area (Å²) in [4.78, 5) is 18.7. The molecule has 13 heavy (non-hydrogen) atoms. The number of carbonyl (C=O) groups excluding carboxylic acids is 1. The Bertz CT molecular complexity index is 470. The van der Waals surface area contributed by atoms with Crippen LogP contribution in [-0.4, -0.2) is 16.3 Å². The summed E-state index contributed by atoms with van der Waals surface area (Å²) in [5, 5.41) is 0.508. The number of rotatable bonds is 1. The van der Waals surface area contributed by atoms with Gasteiger partial charge in [-0.25, -0.2) is 0 Å². The van der Waals surface area contributed by atoms with Crippen molar-refractivity contribution in [1.29, 1.82) is 0 Å². The van der Waals surface area contributed by atoms with Gasteiger partial charge in [-0.1, -0.05) is 11.6 Å². The van der Waals surface area contributed by atoms with E-state index in [1.807, 2.05) is 0 Å². The molecule has 0 saturated carbocycles. The number of carbonyl (C=O) groups is 1. The first-order valence-electron chi connectivity index (χ1n) is 3.67. The van der Waals surface area contributed by atoms with Gasteiger partial charge in [0.05, 0.1) is 5.02 Å². The second kappa shape index (κ2) is 3.11. The van der Waals surface area contributed by atoms with Crippen LogP contribution in [0.5, 0.6) is 0 Å². The van der Waals surface area contributed by atoms with Crippen molar-refractivity contribution in [2.45, 2.75) is 0 Å². The maximum absolute atomic E-state index is 10.6. The standard InChI is InChI=1S/C9H5ClN2O/c10-7-2-1-6(5-13)8-9(7)12-4-3-11-8/h1-5H. The largest absolute Gasteiger partial charge is 0.298 e. The van der Waals surface area contributed by atoms with E-state index in [4.69, 9.17) is 11.6 Å². The predicted octanol–water partition coefficient (Wildman–Crippen LogP) is 2.10. The molecule has 0 aliphatic rings. The van der Waals surface area contributed by atoms with Crippen molar-refractivity contribution in [2.75, 3.05) is 0 Å². The Balaban J connectivity index is 2.92. The van der Waals surface area contributed by atoms with E-state index in [0.717, 1.165) is 6.29 Å². The zero-order chi connectivity index (χ0) is 9.26. The second-order valence-electron chi connectivity index (χ2n) is 2.51. The number of aromatic nitrogens is 2. The summed E-state index contributed by atoms with van der Waals surface area (Å²) in [5.41, 5.74) is 1.62. The monoisotopic (exact) mass is 192 g/mol. The van der Waals surface area contributed by atoms with Crippen LogP contribution in [-0.2, 0) is 0 Å². The van der Waals surface area contributed by atoms with E-state index < -0.39 is 0 Å². The van der Waals surface area contributed by atoms with Crippen LogP contribution in [0.2, 0.25) is 5.02 Å². The maximum Gasteiger partial charge on any atom is 0.152 e. The second-order valence-corrected chi connectivity index (χ2v) is 2.92. The Morgan fingerprint density at radius 3 is 2.54 bits per heavy atom. The molecule has 0 fully saturated rings. The molecule has 0 atom stereocenters. The van der Waals surface area contributed by atoms with Crippen LogP contribution in [0, 0.1) is 0 Å². The van der Waals surface area contributed by atoms with Crippen molar-refractivity contribution in [3.8, 4) is 0 Å². The zero-order valence-electron chi connectivity index (χ0n) is 6.57. The van der Waals surface area contributed by atoms with Gasteiger partial charge in [0.1, 0.15) is 11.0 Å². The lowest BCUT2D eigenvalue weighted by Gasteiger charge is -1.99. The van der Waals surface area contributed by atoms with E-state index in [1.165, 1.54) is 6.20 Å². The van der Waals surface area contributed by atoms with E-state index in [9.17, 15) is 4.79 Å². The van der Waals surface area contributed by atoms with Crippen LogP contribution in [0.4, 0.5) is 0 Å². The topological polar surface area (TPSA) is 42.9 Å². The molecule has 0 saturated heterocycles. The summed E-state index contributed by atoms with van der Waals surface area (Å²) in [6.07, 6.45) is 3.82. The van der Waals surface area contributed by atoms with Crippen LogP contribution in [0.3, 0.4) is 0 Å². The third-order valence-electron chi connectivity index (χ3n) is 1.73. The summed E-state index contributed by atoms with van der Waals surface area (Å²) in [6.45, 7) is 0. The van der Waals surface area contributed by atoms with E-state index in [0.29, 0.717) is 21.6 Å². The molecule has 0 radical (unpaired) electrons. The number of fused-ring (bicyclic) bond motifs is 1. The van der Waals surface area contributed by atoms with Crippen LogP contribution in [0.1, 0.15) is 10.4 Å². The molecule has 0 amide bonds. The third kappa shape index (κ3) is 1.27. The van der Waals surface area contributed by atoms with Crippen molar-refractivity contribution in [1.82, 2.24) is 9.97 Å². The quantitative estimate of drug-likeness (QED) is 0.650. The molecule has 1 aromatic carbocycles. The lowest BCUT2D eigenvalue weighted by atomic mass is 10.2. The lowest BCUT2D eigenvalue weighted by Crippen LogP contribution is -1.89.